The van der Waals surface area contributed by atoms with Gasteiger partial charge in [-0.05, 0) is 32.0 Å². The minimum absolute atomic E-state index is 0.435. The van der Waals surface area contributed by atoms with E-state index in [4.69, 9.17) is 4.74 Å². The van der Waals surface area contributed by atoms with Gasteiger partial charge in [0.25, 0.3) is 0 Å². The number of hydrogen-bond acceptors (Lipinski definition) is 2. The molecule has 0 aliphatic carbocycles. The zero-order chi connectivity index (χ0) is 11.5. The summed E-state index contributed by atoms with van der Waals surface area (Å²) in [4.78, 5) is 10.5. The van der Waals surface area contributed by atoms with Crippen LogP contribution in [0.3, 0.4) is 0 Å². The van der Waals surface area contributed by atoms with E-state index in [1.54, 1.807) is 7.11 Å². The molecule has 0 aromatic heterocycles. The fraction of sp³-hybridized carbons (Fsp3) is 0.364. The molecule has 0 fully saturated rings. The standard InChI is InChI=1S/C11H14BrNO2/c1-11(2,15-3)9-6-8(12)4-5-10(9)13-7-14/h4-7H,1-3H3,(H,13,14). The molecule has 0 saturated heterocycles. The van der Waals surface area contributed by atoms with Gasteiger partial charge >= 0.3 is 0 Å². The van der Waals surface area contributed by atoms with Gasteiger partial charge in [-0.25, -0.2) is 0 Å². The molecule has 1 aromatic carbocycles. The highest BCUT2D eigenvalue weighted by Gasteiger charge is 2.23. The molecular formula is C11H14BrNO2. The van der Waals surface area contributed by atoms with Crippen molar-refractivity contribution in [3.05, 3.63) is 28.2 Å². The molecule has 1 N–H and O–H groups in total. The van der Waals surface area contributed by atoms with Gasteiger partial charge in [0.15, 0.2) is 0 Å². The molecule has 1 aromatic rings. The molecular weight excluding hydrogens is 258 g/mol. The lowest BCUT2D eigenvalue weighted by Gasteiger charge is -2.26. The van der Waals surface area contributed by atoms with Crippen LogP contribution < -0.4 is 5.32 Å². The Bertz CT molecular complexity index is 364. The molecule has 4 heteroatoms. The van der Waals surface area contributed by atoms with E-state index in [2.05, 4.69) is 21.2 Å². The number of rotatable bonds is 4. The van der Waals surface area contributed by atoms with E-state index in [-0.39, 0.29) is 0 Å². The Morgan fingerprint density at radius 2 is 2.13 bits per heavy atom. The smallest absolute Gasteiger partial charge is 0.211 e. The number of anilines is 1. The molecule has 15 heavy (non-hydrogen) atoms. The maximum absolute atomic E-state index is 10.5. The van der Waals surface area contributed by atoms with Crippen molar-refractivity contribution in [1.82, 2.24) is 0 Å². The highest BCUT2D eigenvalue weighted by molar-refractivity contribution is 9.10. The molecule has 1 rings (SSSR count). The molecule has 0 saturated carbocycles. The van der Waals surface area contributed by atoms with Crippen molar-refractivity contribution in [1.29, 1.82) is 0 Å². The lowest BCUT2D eigenvalue weighted by Crippen LogP contribution is -2.21. The van der Waals surface area contributed by atoms with Crippen LogP contribution >= 0.6 is 15.9 Å². The second-order valence-electron chi connectivity index (χ2n) is 3.67. The van der Waals surface area contributed by atoms with Crippen molar-refractivity contribution < 1.29 is 9.53 Å². The van der Waals surface area contributed by atoms with Crippen LogP contribution in [0.1, 0.15) is 19.4 Å². The molecule has 82 valence electrons. The van der Waals surface area contributed by atoms with Gasteiger partial charge in [-0.1, -0.05) is 15.9 Å². The number of benzene rings is 1. The number of nitrogens with one attached hydrogen (secondary N) is 1. The summed E-state index contributed by atoms with van der Waals surface area (Å²) in [5, 5.41) is 2.66. The van der Waals surface area contributed by atoms with E-state index in [1.807, 2.05) is 32.0 Å². The van der Waals surface area contributed by atoms with Crippen LogP contribution in [0.25, 0.3) is 0 Å². The molecule has 0 aliphatic rings. The molecule has 0 aliphatic heterocycles. The van der Waals surface area contributed by atoms with Gasteiger partial charge in [0.1, 0.15) is 0 Å². The molecule has 0 unspecified atom stereocenters. The Kier molecular flexibility index (Phi) is 3.88. The number of carbonyl (C=O) groups excluding carboxylic acids is 1. The number of methoxy groups -OCH3 is 1. The summed E-state index contributed by atoms with van der Waals surface area (Å²) in [6, 6.07) is 5.66. The van der Waals surface area contributed by atoms with E-state index in [1.165, 1.54) is 0 Å². The summed E-state index contributed by atoms with van der Waals surface area (Å²) in [5.41, 5.74) is 1.27. The lowest BCUT2D eigenvalue weighted by molar-refractivity contribution is -0.105. The third-order valence-corrected chi connectivity index (χ3v) is 2.85. The Hall–Kier alpha value is -0.870. The van der Waals surface area contributed by atoms with Crippen molar-refractivity contribution in [2.75, 3.05) is 12.4 Å². The fourth-order valence-corrected chi connectivity index (χ4v) is 1.67. The summed E-state index contributed by atoms with van der Waals surface area (Å²) in [6.45, 7) is 3.90. The van der Waals surface area contributed by atoms with E-state index in [9.17, 15) is 4.79 Å². The number of ether oxygens (including phenoxy) is 1. The molecule has 1 amide bonds. The number of hydrogen-bond donors (Lipinski definition) is 1. The maximum atomic E-state index is 10.5. The zero-order valence-electron chi connectivity index (χ0n) is 9.00. The third kappa shape index (κ3) is 2.79. The van der Waals surface area contributed by atoms with Crippen molar-refractivity contribution in [3.63, 3.8) is 0 Å². The first kappa shape index (κ1) is 12.2. The van der Waals surface area contributed by atoms with E-state index in [0.29, 0.717) is 6.41 Å². The molecule has 0 atom stereocenters. The van der Waals surface area contributed by atoms with Crippen LogP contribution in [-0.4, -0.2) is 13.5 Å². The second-order valence-corrected chi connectivity index (χ2v) is 4.58. The zero-order valence-corrected chi connectivity index (χ0v) is 10.6. The lowest BCUT2D eigenvalue weighted by atomic mass is 9.96. The summed E-state index contributed by atoms with van der Waals surface area (Å²) in [5.74, 6) is 0. The first-order valence-electron chi connectivity index (χ1n) is 4.56. The summed E-state index contributed by atoms with van der Waals surface area (Å²) < 4.78 is 6.35. The van der Waals surface area contributed by atoms with Gasteiger partial charge in [0, 0.05) is 22.8 Å². The van der Waals surface area contributed by atoms with E-state index >= 15 is 0 Å². The van der Waals surface area contributed by atoms with Crippen LogP contribution in [0.2, 0.25) is 0 Å². The van der Waals surface area contributed by atoms with Gasteiger partial charge < -0.3 is 10.1 Å². The van der Waals surface area contributed by atoms with Crippen LogP contribution in [0.15, 0.2) is 22.7 Å². The molecule has 0 bridgehead atoms. The number of carbonyl (C=O) groups is 1. The SMILES string of the molecule is COC(C)(C)c1cc(Br)ccc1NC=O. The van der Waals surface area contributed by atoms with Crippen LogP contribution in [-0.2, 0) is 15.1 Å². The predicted octanol–water partition coefficient (Wildman–Crippen LogP) is 2.90. The van der Waals surface area contributed by atoms with E-state index in [0.717, 1.165) is 15.7 Å². The Morgan fingerprint density at radius 3 is 2.67 bits per heavy atom. The minimum Gasteiger partial charge on any atom is -0.374 e. The molecule has 3 nitrogen and oxygen atoms in total. The third-order valence-electron chi connectivity index (χ3n) is 2.35. The Balaban J connectivity index is 3.23. The van der Waals surface area contributed by atoms with Crippen molar-refractivity contribution in [3.8, 4) is 0 Å². The van der Waals surface area contributed by atoms with Crippen LogP contribution in [0, 0.1) is 0 Å². The summed E-state index contributed by atoms with van der Waals surface area (Å²) in [6.07, 6.45) is 0.665. The topological polar surface area (TPSA) is 38.3 Å². The van der Waals surface area contributed by atoms with Crippen molar-refractivity contribution in [2.45, 2.75) is 19.4 Å². The first-order valence-corrected chi connectivity index (χ1v) is 5.36. The summed E-state index contributed by atoms with van der Waals surface area (Å²) in [7, 11) is 1.64. The largest absolute Gasteiger partial charge is 0.374 e. The van der Waals surface area contributed by atoms with Gasteiger partial charge in [0.05, 0.1) is 5.60 Å². The Labute approximate surface area is 97.9 Å². The fourth-order valence-electron chi connectivity index (χ4n) is 1.31. The number of halogens is 1. The normalized spacial score (nSPS) is 11.2. The first-order chi connectivity index (χ1) is 7.01. The van der Waals surface area contributed by atoms with Gasteiger partial charge in [0.2, 0.25) is 6.41 Å². The highest BCUT2D eigenvalue weighted by atomic mass is 79.9. The average molecular weight is 272 g/mol. The van der Waals surface area contributed by atoms with Crippen molar-refractivity contribution >= 4 is 28.0 Å². The van der Waals surface area contributed by atoms with Crippen LogP contribution in [0.5, 0.6) is 0 Å². The molecule has 0 spiro atoms. The minimum atomic E-state index is -0.435. The Morgan fingerprint density at radius 1 is 1.47 bits per heavy atom. The van der Waals surface area contributed by atoms with Crippen LogP contribution in [0.4, 0.5) is 5.69 Å². The average Bonchev–Trinajstić information content (AvgIpc) is 2.21. The second kappa shape index (κ2) is 4.77. The van der Waals surface area contributed by atoms with E-state index < -0.39 is 5.60 Å². The summed E-state index contributed by atoms with van der Waals surface area (Å²) >= 11 is 3.40. The van der Waals surface area contributed by atoms with Gasteiger partial charge in [-0.3, -0.25) is 4.79 Å². The monoisotopic (exact) mass is 271 g/mol. The number of amides is 1. The molecule has 0 radical (unpaired) electrons. The van der Waals surface area contributed by atoms with Gasteiger partial charge in [-0.2, -0.15) is 0 Å². The highest BCUT2D eigenvalue weighted by Crippen LogP contribution is 2.32. The molecule has 0 heterocycles. The quantitative estimate of drug-likeness (QED) is 0.856. The van der Waals surface area contributed by atoms with Gasteiger partial charge in [-0.15, -0.1) is 0 Å². The van der Waals surface area contributed by atoms with Crippen molar-refractivity contribution in [2.24, 2.45) is 0 Å². The predicted molar refractivity (Wildman–Crippen MR) is 63.9 cm³/mol. The maximum Gasteiger partial charge on any atom is 0.211 e.